The smallest absolute Gasteiger partial charge is 0.244 e. The summed E-state index contributed by atoms with van der Waals surface area (Å²) in [7, 11) is 0. The van der Waals surface area contributed by atoms with Crippen LogP contribution in [-0.4, -0.2) is 15.3 Å². The van der Waals surface area contributed by atoms with Crippen molar-refractivity contribution in [3.63, 3.8) is 0 Å². The number of rotatable bonds is 5. The average molecular weight is 416 g/mol. The number of pyridine rings is 1. The molecular weight excluding hydrogens is 394 g/mol. The van der Waals surface area contributed by atoms with Gasteiger partial charge in [-0.15, -0.1) is 0 Å². The van der Waals surface area contributed by atoms with Crippen LogP contribution in [0.4, 0.5) is 0 Å². The number of nitrogens with one attached hydrogen (secondary N) is 1. The van der Waals surface area contributed by atoms with Gasteiger partial charge in [0.25, 0.3) is 0 Å². The van der Waals surface area contributed by atoms with E-state index in [1.165, 1.54) is 11.6 Å². The summed E-state index contributed by atoms with van der Waals surface area (Å²) >= 11 is 6.16. The molecule has 2 aromatic carbocycles. The van der Waals surface area contributed by atoms with Crippen molar-refractivity contribution in [2.24, 2.45) is 0 Å². The summed E-state index contributed by atoms with van der Waals surface area (Å²) in [6, 6.07) is 19.8. The number of hydrogen-bond acceptors (Lipinski definition) is 2. The molecular formula is C25H22ClN3O. The maximum Gasteiger partial charge on any atom is 0.244 e. The molecule has 1 amide bonds. The zero-order chi connectivity index (χ0) is 21.1. The van der Waals surface area contributed by atoms with Gasteiger partial charge in [-0.1, -0.05) is 59.6 Å². The zero-order valence-corrected chi connectivity index (χ0v) is 17.6. The van der Waals surface area contributed by atoms with Gasteiger partial charge in [-0.3, -0.25) is 9.20 Å². The minimum Gasteiger partial charge on any atom is -0.348 e. The fourth-order valence-electron chi connectivity index (χ4n) is 3.29. The molecule has 5 heteroatoms. The highest BCUT2D eigenvalue weighted by molar-refractivity contribution is 6.31. The van der Waals surface area contributed by atoms with Crippen LogP contribution in [0.15, 0.2) is 72.9 Å². The number of aryl methyl sites for hydroxylation is 2. The van der Waals surface area contributed by atoms with Gasteiger partial charge in [-0.2, -0.15) is 0 Å². The van der Waals surface area contributed by atoms with Gasteiger partial charge in [-0.05, 0) is 49.2 Å². The second kappa shape index (κ2) is 8.56. The second-order valence-electron chi connectivity index (χ2n) is 7.29. The minimum atomic E-state index is -0.188. The Morgan fingerprint density at radius 3 is 2.60 bits per heavy atom. The molecule has 0 fully saturated rings. The van der Waals surface area contributed by atoms with Crippen molar-refractivity contribution >= 4 is 29.2 Å². The van der Waals surface area contributed by atoms with E-state index in [4.69, 9.17) is 16.6 Å². The van der Waals surface area contributed by atoms with Gasteiger partial charge < -0.3 is 5.32 Å². The number of nitrogens with zero attached hydrogens (tertiary/aromatic N) is 2. The summed E-state index contributed by atoms with van der Waals surface area (Å²) in [6.07, 6.45) is 5.33. The first kappa shape index (κ1) is 19.9. The number of imidazole rings is 1. The van der Waals surface area contributed by atoms with Crippen molar-refractivity contribution in [2.45, 2.75) is 20.4 Å². The maximum atomic E-state index is 12.4. The molecule has 2 heterocycles. The summed E-state index contributed by atoms with van der Waals surface area (Å²) in [5.41, 5.74) is 6.77. The van der Waals surface area contributed by atoms with E-state index in [1.54, 1.807) is 0 Å². The lowest BCUT2D eigenvalue weighted by molar-refractivity contribution is -0.116. The molecule has 0 saturated carbocycles. The number of amides is 1. The van der Waals surface area contributed by atoms with Crippen LogP contribution in [0.25, 0.3) is 23.0 Å². The highest BCUT2D eigenvalue weighted by atomic mass is 35.5. The molecule has 2 aromatic heterocycles. The van der Waals surface area contributed by atoms with E-state index >= 15 is 0 Å². The van der Waals surface area contributed by atoms with E-state index < -0.39 is 0 Å². The van der Waals surface area contributed by atoms with Gasteiger partial charge in [0.2, 0.25) is 5.91 Å². The monoisotopic (exact) mass is 415 g/mol. The standard InChI is InChI=1S/C25H22ClN3O/c1-17-7-9-19(10-8-17)25-22(29-14-13-18(2)15-23(29)28-25)11-12-24(30)27-16-20-5-3-4-6-21(20)26/h3-15H,16H2,1-2H3,(H,27,30)/b12-11+. The Morgan fingerprint density at radius 1 is 1.07 bits per heavy atom. The first-order valence-corrected chi connectivity index (χ1v) is 10.1. The summed E-state index contributed by atoms with van der Waals surface area (Å²) in [5, 5.41) is 3.53. The van der Waals surface area contributed by atoms with E-state index in [-0.39, 0.29) is 5.91 Å². The summed E-state index contributed by atoms with van der Waals surface area (Å²) in [4.78, 5) is 17.3. The van der Waals surface area contributed by atoms with Crippen LogP contribution < -0.4 is 5.32 Å². The Hall–Kier alpha value is -3.37. The third kappa shape index (κ3) is 4.29. The van der Waals surface area contributed by atoms with Crippen molar-refractivity contribution in [3.05, 3.63) is 100 Å². The largest absolute Gasteiger partial charge is 0.348 e. The SMILES string of the molecule is Cc1ccc(-c2nc3cc(C)ccn3c2/C=C/C(=O)NCc2ccccc2Cl)cc1. The Balaban J connectivity index is 1.63. The van der Waals surface area contributed by atoms with Gasteiger partial charge in [0, 0.05) is 29.4 Å². The maximum absolute atomic E-state index is 12.4. The lowest BCUT2D eigenvalue weighted by Gasteiger charge is -2.05. The van der Waals surface area contributed by atoms with Gasteiger partial charge in [0.1, 0.15) is 5.65 Å². The number of carbonyl (C=O) groups is 1. The summed E-state index contributed by atoms with van der Waals surface area (Å²) in [5.74, 6) is -0.188. The topological polar surface area (TPSA) is 46.4 Å². The highest BCUT2D eigenvalue weighted by Crippen LogP contribution is 2.26. The van der Waals surface area contributed by atoms with Crippen LogP contribution >= 0.6 is 11.6 Å². The van der Waals surface area contributed by atoms with E-state index in [0.717, 1.165) is 33.7 Å². The first-order chi connectivity index (χ1) is 14.5. The molecule has 0 atom stereocenters. The number of benzene rings is 2. The molecule has 4 nitrogen and oxygen atoms in total. The van der Waals surface area contributed by atoms with Gasteiger partial charge >= 0.3 is 0 Å². The van der Waals surface area contributed by atoms with Crippen LogP contribution in [-0.2, 0) is 11.3 Å². The van der Waals surface area contributed by atoms with Crippen LogP contribution in [0, 0.1) is 13.8 Å². The van der Waals surface area contributed by atoms with Crippen molar-refractivity contribution in [3.8, 4) is 11.3 Å². The third-order valence-electron chi connectivity index (χ3n) is 4.95. The van der Waals surface area contributed by atoms with E-state index in [0.29, 0.717) is 11.6 Å². The fourth-order valence-corrected chi connectivity index (χ4v) is 3.49. The number of hydrogen-bond donors (Lipinski definition) is 1. The Morgan fingerprint density at radius 2 is 1.83 bits per heavy atom. The molecule has 0 aliphatic carbocycles. The van der Waals surface area contributed by atoms with Crippen LogP contribution in [0.2, 0.25) is 5.02 Å². The van der Waals surface area contributed by atoms with E-state index in [2.05, 4.69) is 36.5 Å². The fraction of sp³-hybridized carbons (Fsp3) is 0.120. The lowest BCUT2D eigenvalue weighted by Crippen LogP contribution is -2.20. The number of fused-ring (bicyclic) bond motifs is 1. The summed E-state index contributed by atoms with van der Waals surface area (Å²) in [6.45, 7) is 4.47. The molecule has 0 aliphatic rings. The van der Waals surface area contributed by atoms with Gasteiger partial charge in [0.15, 0.2) is 0 Å². The number of halogens is 1. The number of carbonyl (C=O) groups excluding carboxylic acids is 1. The first-order valence-electron chi connectivity index (χ1n) is 9.76. The summed E-state index contributed by atoms with van der Waals surface area (Å²) < 4.78 is 2.00. The molecule has 0 unspecified atom stereocenters. The predicted octanol–water partition coefficient (Wildman–Crippen LogP) is 5.60. The Labute approximate surface area is 180 Å². The Bertz CT molecular complexity index is 1240. The molecule has 150 valence electrons. The molecule has 1 N–H and O–H groups in total. The third-order valence-corrected chi connectivity index (χ3v) is 5.32. The molecule has 30 heavy (non-hydrogen) atoms. The van der Waals surface area contributed by atoms with Crippen LogP contribution in [0.5, 0.6) is 0 Å². The molecule has 0 spiro atoms. The minimum absolute atomic E-state index is 0.188. The quantitative estimate of drug-likeness (QED) is 0.431. The van der Waals surface area contributed by atoms with Crippen molar-refractivity contribution in [1.29, 1.82) is 0 Å². The molecule has 0 radical (unpaired) electrons. The predicted molar refractivity (Wildman–Crippen MR) is 122 cm³/mol. The van der Waals surface area contributed by atoms with Crippen LogP contribution in [0.1, 0.15) is 22.4 Å². The molecule has 0 saturated heterocycles. The van der Waals surface area contributed by atoms with Gasteiger partial charge in [0.05, 0.1) is 11.4 Å². The average Bonchev–Trinajstić information content (AvgIpc) is 3.09. The van der Waals surface area contributed by atoms with E-state index in [1.807, 2.05) is 60.0 Å². The zero-order valence-electron chi connectivity index (χ0n) is 16.9. The molecule has 4 rings (SSSR count). The second-order valence-corrected chi connectivity index (χ2v) is 7.69. The lowest BCUT2D eigenvalue weighted by atomic mass is 10.1. The molecule has 0 aliphatic heterocycles. The number of aromatic nitrogens is 2. The van der Waals surface area contributed by atoms with Crippen molar-refractivity contribution in [1.82, 2.24) is 14.7 Å². The highest BCUT2D eigenvalue weighted by Gasteiger charge is 2.12. The molecule has 4 aromatic rings. The van der Waals surface area contributed by atoms with Crippen molar-refractivity contribution < 1.29 is 4.79 Å². The van der Waals surface area contributed by atoms with Crippen molar-refractivity contribution in [2.75, 3.05) is 0 Å². The van der Waals surface area contributed by atoms with Gasteiger partial charge in [-0.25, -0.2) is 4.98 Å². The van der Waals surface area contributed by atoms with E-state index in [9.17, 15) is 4.79 Å². The Kier molecular flexibility index (Phi) is 5.68. The normalized spacial score (nSPS) is 11.3. The van der Waals surface area contributed by atoms with Crippen LogP contribution in [0.3, 0.4) is 0 Å². The molecule has 0 bridgehead atoms.